The zero-order valence-electron chi connectivity index (χ0n) is 15.1. The van der Waals surface area contributed by atoms with Crippen molar-refractivity contribution in [1.82, 2.24) is 15.1 Å². The zero-order valence-corrected chi connectivity index (χ0v) is 15.8. The summed E-state index contributed by atoms with van der Waals surface area (Å²) in [5.74, 6) is -0.421. The van der Waals surface area contributed by atoms with Gasteiger partial charge < -0.3 is 10.6 Å². The van der Waals surface area contributed by atoms with E-state index in [0.717, 1.165) is 18.4 Å². The predicted molar refractivity (Wildman–Crippen MR) is 108 cm³/mol. The summed E-state index contributed by atoms with van der Waals surface area (Å²) in [6.45, 7) is 0.648. The second-order valence-electron chi connectivity index (χ2n) is 6.80. The third-order valence-corrected chi connectivity index (χ3v) is 4.82. The van der Waals surface area contributed by atoms with Gasteiger partial charge in [-0.3, -0.25) is 14.3 Å². The Balaban J connectivity index is 1.40. The number of carbonyl (C=O) groups excluding carboxylic acids is 2. The minimum Gasteiger partial charge on any atom is -0.349 e. The van der Waals surface area contributed by atoms with Crippen LogP contribution in [0.4, 0.5) is 5.69 Å². The Morgan fingerprint density at radius 1 is 1.11 bits per heavy atom. The Labute approximate surface area is 167 Å². The molecule has 142 valence electrons. The van der Waals surface area contributed by atoms with E-state index in [1.54, 1.807) is 36.5 Å². The van der Waals surface area contributed by atoms with Gasteiger partial charge in [0.15, 0.2) is 0 Å². The Morgan fingerprint density at radius 3 is 2.54 bits per heavy atom. The maximum atomic E-state index is 12.5. The maximum absolute atomic E-state index is 12.5. The fourth-order valence-electron chi connectivity index (χ4n) is 2.81. The highest BCUT2D eigenvalue weighted by Crippen LogP contribution is 2.24. The molecule has 7 heteroatoms. The van der Waals surface area contributed by atoms with Gasteiger partial charge in [-0.2, -0.15) is 5.10 Å². The molecule has 0 spiro atoms. The molecule has 2 amide bonds. The molecule has 0 saturated heterocycles. The van der Waals surface area contributed by atoms with Crippen LogP contribution in [0, 0.1) is 0 Å². The molecule has 3 aromatic rings. The van der Waals surface area contributed by atoms with Gasteiger partial charge in [-0.1, -0.05) is 23.7 Å². The van der Waals surface area contributed by atoms with Crippen LogP contribution in [0.15, 0.2) is 60.9 Å². The first-order chi connectivity index (χ1) is 13.6. The van der Waals surface area contributed by atoms with E-state index in [4.69, 9.17) is 11.6 Å². The summed E-state index contributed by atoms with van der Waals surface area (Å²) in [4.78, 5) is 24.6. The summed E-state index contributed by atoms with van der Waals surface area (Å²) in [6.07, 6.45) is 5.64. The molecule has 4 rings (SSSR count). The maximum Gasteiger partial charge on any atom is 0.255 e. The third kappa shape index (κ3) is 4.40. The summed E-state index contributed by atoms with van der Waals surface area (Å²) in [7, 11) is 0. The average molecular weight is 395 g/mol. The molecule has 1 heterocycles. The molecule has 0 atom stereocenters. The van der Waals surface area contributed by atoms with Crippen molar-refractivity contribution in [2.45, 2.75) is 25.4 Å². The van der Waals surface area contributed by atoms with Crippen LogP contribution in [0.5, 0.6) is 0 Å². The van der Waals surface area contributed by atoms with E-state index in [1.807, 2.05) is 29.1 Å². The summed E-state index contributed by atoms with van der Waals surface area (Å²) < 4.78 is 1.82. The number of nitrogens with one attached hydrogen (secondary N) is 2. The first-order valence-electron chi connectivity index (χ1n) is 9.06. The number of hydrogen-bond donors (Lipinski definition) is 2. The Bertz CT molecular complexity index is 996. The van der Waals surface area contributed by atoms with Crippen molar-refractivity contribution in [3.63, 3.8) is 0 Å². The van der Waals surface area contributed by atoms with Gasteiger partial charge in [0.1, 0.15) is 0 Å². The molecule has 1 aliphatic carbocycles. The quantitative estimate of drug-likeness (QED) is 0.668. The minimum absolute atomic E-state index is 0.182. The van der Waals surface area contributed by atoms with Crippen molar-refractivity contribution in [2.24, 2.45) is 0 Å². The Hall–Kier alpha value is -3.12. The molecule has 0 aliphatic heterocycles. The van der Waals surface area contributed by atoms with Crippen molar-refractivity contribution in [3.8, 4) is 0 Å². The van der Waals surface area contributed by atoms with Crippen molar-refractivity contribution in [1.29, 1.82) is 0 Å². The van der Waals surface area contributed by atoms with Crippen LogP contribution >= 0.6 is 11.6 Å². The van der Waals surface area contributed by atoms with Crippen molar-refractivity contribution in [3.05, 3.63) is 82.6 Å². The summed E-state index contributed by atoms with van der Waals surface area (Å²) in [5.41, 5.74) is 2.54. The lowest BCUT2D eigenvalue weighted by molar-refractivity contribution is 0.0950. The number of nitrogens with zero attached hydrogens (tertiary/aromatic N) is 2. The highest BCUT2D eigenvalue weighted by atomic mass is 35.5. The van der Waals surface area contributed by atoms with Crippen molar-refractivity contribution >= 4 is 29.1 Å². The van der Waals surface area contributed by atoms with Crippen molar-refractivity contribution in [2.75, 3.05) is 5.32 Å². The van der Waals surface area contributed by atoms with E-state index in [-0.39, 0.29) is 17.9 Å². The highest BCUT2D eigenvalue weighted by Gasteiger charge is 2.24. The van der Waals surface area contributed by atoms with E-state index in [0.29, 0.717) is 28.4 Å². The number of aromatic nitrogens is 2. The summed E-state index contributed by atoms with van der Waals surface area (Å²) in [5, 5.41) is 10.2. The molecule has 2 N–H and O–H groups in total. The van der Waals surface area contributed by atoms with Crippen LogP contribution in [0.2, 0.25) is 5.02 Å². The molecule has 0 radical (unpaired) electrons. The third-order valence-electron chi connectivity index (χ3n) is 4.50. The lowest BCUT2D eigenvalue weighted by Crippen LogP contribution is -2.25. The van der Waals surface area contributed by atoms with E-state index in [1.165, 1.54) is 0 Å². The molecule has 0 bridgehead atoms. The molecule has 28 heavy (non-hydrogen) atoms. The van der Waals surface area contributed by atoms with E-state index < -0.39 is 0 Å². The predicted octanol–water partition coefficient (Wildman–Crippen LogP) is 3.73. The number of amides is 2. The smallest absolute Gasteiger partial charge is 0.255 e. The largest absolute Gasteiger partial charge is 0.349 e. The van der Waals surface area contributed by atoms with Gasteiger partial charge in [-0.25, -0.2) is 0 Å². The molecule has 1 saturated carbocycles. The summed E-state index contributed by atoms with van der Waals surface area (Å²) in [6, 6.07) is 14.4. The normalized spacial score (nSPS) is 13.2. The molecular weight excluding hydrogens is 376 g/mol. The lowest BCUT2D eigenvalue weighted by atomic mass is 10.1. The molecule has 6 nitrogen and oxygen atoms in total. The fraction of sp³-hybridized carbons (Fsp3) is 0.190. The minimum atomic E-state index is -0.239. The fourth-order valence-corrected chi connectivity index (χ4v) is 3.08. The lowest BCUT2D eigenvalue weighted by Gasteiger charge is -2.10. The van der Waals surface area contributed by atoms with Crippen LogP contribution in [0.1, 0.15) is 39.1 Å². The van der Waals surface area contributed by atoms with Crippen molar-refractivity contribution < 1.29 is 9.59 Å². The molecule has 1 aliphatic rings. The second-order valence-corrected chi connectivity index (χ2v) is 7.20. The van der Waals surface area contributed by atoms with Gasteiger partial charge in [0, 0.05) is 29.7 Å². The second kappa shape index (κ2) is 7.86. The van der Waals surface area contributed by atoms with E-state index in [2.05, 4.69) is 15.7 Å². The van der Waals surface area contributed by atoms with Gasteiger partial charge in [0.05, 0.1) is 17.1 Å². The van der Waals surface area contributed by atoms with Crippen LogP contribution in [-0.2, 0) is 6.54 Å². The first kappa shape index (κ1) is 18.3. The number of halogens is 1. The van der Waals surface area contributed by atoms with E-state index >= 15 is 0 Å². The monoisotopic (exact) mass is 394 g/mol. The topological polar surface area (TPSA) is 76.0 Å². The molecule has 1 fully saturated rings. The van der Waals surface area contributed by atoms with E-state index in [9.17, 15) is 9.59 Å². The number of hydrogen-bond acceptors (Lipinski definition) is 3. The van der Waals surface area contributed by atoms with Gasteiger partial charge >= 0.3 is 0 Å². The number of anilines is 1. The summed E-state index contributed by atoms with van der Waals surface area (Å²) >= 11 is 6.23. The average Bonchev–Trinajstić information content (AvgIpc) is 3.34. The Kier molecular flexibility index (Phi) is 5.12. The van der Waals surface area contributed by atoms with Crippen LogP contribution in [0.25, 0.3) is 0 Å². The molecule has 2 aromatic carbocycles. The number of benzene rings is 2. The first-order valence-corrected chi connectivity index (χ1v) is 9.44. The molecule has 1 aromatic heterocycles. The SMILES string of the molecule is O=C(Nc1ccc(C(=O)NC2CC2)c(Cl)c1)c1ccc(Cn2cccn2)cc1. The van der Waals surface area contributed by atoms with Gasteiger partial charge in [0.2, 0.25) is 0 Å². The number of carbonyl (C=O) groups is 2. The molecule has 0 unspecified atom stereocenters. The van der Waals surface area contributed by atoms with Crippen LogP contribution < -0.4 is 10.6 Å². The van der Waals surface area contributed by atoms with Crippen LogP contribution in [-0.4, -0.2) is 27.6 Å². The zero-order chi connectivity index (χ0) is 19.5. The van der Waals surface area contributed by atoms with Gasteiger partial charge in [0.25, 0.3) is 11.8 Å². The molecular formula is C21H19ClN4O2. The Morgan fingerprint density at radius 2 is 1.89 bits per heavy atom. The van der Waals surface area contributed by atoms with Gasteiger partial charge in [-0.15, -0.1) is 0 Å². The standard InChI is InChI=1S/C21H19ClN4O2/c22-19-12-17(8-9-18(19)21(28)24-16-6-7-16)25-20(27)15-4-2-14(3-5-15)13-26-11-1-10-23-26/h1-5,8-12,16H,6-7,13H2,(H,24,28)(H,25,27). The van der Waals surface area contributed by atoms with Crippen LogP contribution in [0.3, 0.4) is 0 Å². The van der Waals surface area contributed by atoms with Gasteiger partial charge in [-0.05, 0) is 54.8 Å². The number of rotatable bonds is 6. The highest BCUT2D eigenvalue weighted by molar-refractivity contribution is 6.34.